The van der Waals surface area contributed by atoms with Crippen LogP contribution in [0.15, 0.2) is 23.9 Å². The van der Waals surface area contributed by atoms with E-state index in [9.17, 15) is 14.4 Å². The van der Waals surface area contributed by atoms with Crippen molar-refractivity contribution in [3.05, 3.63) is 23.9 Å². The average Bonchev–Trinajstić information content (AvgIpc) is 2.43. The van der Waals surface area contributed by atoms with Gasteiger partial charge in [-0.05, 0) is 11.8 Å². The Morgan fingerprint density at radius 2 is 2.09 bits per heavy atom. The molecule has 0 spiro atoms. The number of hydrogen-bond donors (Lipinski definition) is 1. The van der Waals surface area contributed by atoms with Crippen molar-refractivity contribution >= 4 is 17.5 Å². The number of methoxy groups -OCH3 is 1. The molecule has 1 aliphatic carbocycles. The molecule has 1 atom stereocenters. The summed E-state index contributed by atoms with van der Waals surface area (Å²) in [5.74, 6) is -2.42. The summed E-state index contributed by atoms with van der Waals surface area (Å²) in [4.78, 5) is 42.1. The maximum Gasteiger partial charge on any atom is 0.317 e. The normalized spacial score (nSPS) is 23.0. The molecule has 1 fully saturated rings. The Balaban J connectivity index is 3.23. The predicted octanol–water partition coefficient (Wildman–Crippen LogP) is 1.71. The molecular weight excluding hydrogens is 286 g/mol. The molecule has 0 heterocycles. The Bertz CT molecular complexity index is 519. The molecule has 1 saturated carbocycles. The topological polar surface area (TPSA) is 81.7 Å². The summed E-state index contributed by atoms with van der Waals surface area (Å²) in [5.41, 5.74) is 2.23. The minimum absolute atomic E-state index is 0.00119. The van der Waals surface area contributed by atoms with Gasteiger partial charge in [0.2, 0.25) is 0 Å². The second-order valence-electron chi connectivity index (χ2n) is 5.82. The second-order valence-corrected chi connectivity index (χ2v) is 5.82. The van der Waals surface area contributed by atoms with Crippen LogP contribution in [0.5, 0.6) is 0 Å². The molecule has 0 radical (unpaired) electrons. The van der Waals surface area contributed by atoms with Crippen LogP contribution in [0.4, 0.5) is 0 Å². The van der Waals surface area contributed by atoms with Crippen LogP contribution < -0.4 is 5.48 Å². The van der Waals surface area contributed by atoms with E-state index in [0.29, 0.717) is 12.1 Å². The average molecular weight is 309 g/mol. The van der Waals surface area contributed by atoms with E-state index in [0.717, 1.165) is 0 Å². The fraction of sp³-hybridized carbons (Fsp3) is 0.562. The summed E-state index contributed by atoms with van der Waals surface area (Å²) < 4.78 is 4.73. The maximum atomic E-state index is 12.7. The van der Waals surface area contributed by atoms with Crippen molar-refractivity contribution < 1.29 is 24.0 Å². The minimum atomic E-state index is -0.993. The van der Waals surface area contributed by atoms with Crippen molar-refractivity contribution in [2.24, 2.45) is 11.3 Å². The molecule has 6 nitrogen and oxygen atoms in total. The van der Waals surface area contributed by atoms with Crippen LogP contribution in [0.3, 0.4) is 0 Å². The van der Waals surface area contributed by atoms with Crippen LogP contribution >= 0.6 is 0 Å². The zero-order valence-corrected chi connectivity index (χ0v) is 13.5. The van der Waals surface area contributed by atoms with Gasteiger partial charge in [-0.1, -0.05) is 26.8 Å². The third-order valence-corrected chi connectivity index (χ3v) is 3.67. The highest BCUT2D eigenvalue weighted by Crippen LogP contribution is 2.40. The van der Waals surface area contributed by atoms with Gasteiger partial charge < -0.3 is 4.74 Å². The number of esters is 1. The lowest BCUT2D eigenvalue weighted by atomic mass is 9.65. The first-order valence-electron chi connectivity index (χ1n) is 7.17. The number of carbonyl (C=O) groups is 3. The van der Waals surface area contributed by atoms with E-state index in [1.807, 2.05) is 0 Å². The fourth-order valence-electron chi connectivity index (χ4n) is 2.59. The first-order chi connectivity index (χ1) is 10.3. The van der Waals surface area contributed by atoms with E-state index < -0.39 is 23.1 Å². The highest BCUT2D eigenvalue weighted by molar-refractivity contribution is 6.27. The molecule has 0 aliphatic heterocycles. The molecule has 0 amide bonds. The van der Waals surface area contributed by atoms with Crippen molar-refractivity contribution in [1.82, 2.24) is 5.48 Å². The Hall–Kier alpha value is -1.95. The molecule has 0 saturated heterocycles. The third kappa shape index (κ3) is 3.62. The Labute approximate surface area is 130 Å². The van der Waals surface area contributed by atoms with Crippen molar-refractivity contribution in [2.75, 3.05) is 13.7 Å². The molecule has 0 aromatic heterocycles. The standard InChI is InChI=1S/C16H23NO5/c1-6-8-22-17-10(7-2)12-11(18)9-16(3,4)13(14(12)19)15(20)21-5/h6,13,17H,1,7-9H2,2-5H3. The van der Waals surface area contributed by atoms with E-state index in [1.165, 1.54) is 13.2 Å². The van der Waals surface area contributed by atoms with E-state index >= 15 is 0 Å². The van der Waals surface area contributed by atoms with Crippen molar-refractivity contribution in [3.63, 3.8) is 0 Å². The highest BCUT2D eigenvalue weighted by Gasteiger charge is 2.50. The Morgan fingerprint density at radius 1 is 1.45 bits per heavy atom. The van der Waals surface area contributed by atoms with Crippen LogP contribution in [-0.2, 0) is 24.0 Å². The molecule has 122 valence electrons. The number of ketones is 2. The third-order valence-electron chi connectivity index (χ3n) is 3.67. The zero-order valence-electron chi connectivity index (χ0n) is 13.5. The molecule has 0 aromatic carbocycles. The molecule has 0 bridgehead atoms. The summed E-state index contributed by atoms with van der Waals surface area (Å²) >= 11 is 0. The summed E-state index contributed by atoms with van der Waals surface area (Å²) in [6, 6.07) is 0. The Morgan fingerprint density at radius 3 is 2.59 bits per heavy atom. The number of ether oxygens (including phenoxy) is 1. The van der Waals surface area contributed by atoms with Gasteiger partial charge in [-0.3, -0.25) is 24.7 Å². The first kappa shape index (κ1) is 18.1. The number of carbonyl (C=O) groups excluding carboxylic acids is 3. The number of hydroxylamine groups is 1. The van der Waals surface area contributed by atoms with E-state index in [4.69, 9.17) is 9.57 Å². The van der Waals surface area contributed by atoms with Gasteiger partial charge in [0.05, 0.1) is 25.0 Å². The SMILES string of the molecule is C=CCONC(CC)=C1C(=O)CC(C)(C)C(C(=O)OC)C1=O. The highest BCUT2D eigenvalue weighted by atomic mass is 16.6. The van der Waals surface area contributed by atoms with Gasteiger partial charge in [-0.25, -0.2) is 0 Å². The van der Waals surface area contributed by atoms with Crippen LogP contribution in [0.25, 0.3) is 0 Å². The summed E-state index contributed by atoms with van der Waals surface area (Å²) in [5, 5.41) is 0. The summed E-state index contributed by atoms with van der Waals surface area (Å²) in [6.07, 6.45) is 2.04. The number of allylic oxidation sites excluding steroid dienone is 2. The molecule has 1 N–H and O–H groups in total. The molecular formula is C16H23NO5. The lowest BCUT2D eigenvalue weighted by molar-refractivity contribution is -0.155. The molecule has 1 unspecified atom stereocenters. The largest absolute Gasteiger partial charge is 0.468 e. The van der Waals surface area contributed by atoms with Gasteiger partial charge >= 0.3 is 5.97 Å². The minimum Gasteiger partial charge on any atom is -0.468 e. The van der Waals surface area contributed by atoms with Crippen molar-refractivity contribution in [3.8, 4) is 0 Å². The van der Waals surface area contributed by atoms with Gasteiger partial charge in [0.25, 0.3) is 0 Å². The first-order valence-corrected chi connectivity index (χ1v) is 7.17. The fourth-order valence-corrected chi connectivity index (χ4v) is 2.59. The molecule has 1 aliphatic rings. The lowest BCUT2D eigenvalue weighted by Crippen LogP contribution is -2.47. The van der Waals surface area contributed by atoms with E-state index in [-0.39, 0.29) is 24.4 Å². The monoisotopic (exact) mass is 309 g/mol. The molecule has 22 heavy (non-hydrogen) atoms. The molecule has 6 heteroatoms. The summed E-state index contributed by atoms with van der Waals surface area (Å²) in [7, 11) is 1.23. The van der Waals surface area contributed by atoms with Gasteiger partial charge in [-0.2, -0.15) is 0 Å². The van der Waals surface area contributed by atoms with Gasteiger partial charge in [0.1, 0.15) is 5.92 Å². The second kappa shape index (κ2) is 7.35. The zero-order chi connectivity index (χ0) is 16.9. The molecule has 1 rings (SSSR count). The van der Waals surface area contributed by atoms with Crippen molar-refractivity contribution in [1.29, 1.82) is 0 Å². The van der Waals surface area contributed by atoms with Crippen LogP contribution in [0.1, 0.15) is 33.6 Å². The smallest absolute Gasteiger partial charge is 0.317 e. The number of hydrogen-bond acceptors (Lipinski definition) is 6. The van der Waals surface area contributed by atoms with Gasteiger partial charge in [-0.15, -0.1) is 6.58 Å². The number of nitrogens with one attached hydrogen (secondary N) is 1. The molecule has 0 aromatic rings. The summed E-state index contributed by atoms with van der Waals surface area (Å²) in [6.45, 7) is 8.97. The van der Waals surface area contributed by atoms with Crippen LogP contribution in [0, 0.1) is 11.3 Å². The van der Waals surface area contributed by atoms with Gasteiger partial charge in [0.15, 0.2) is 11.6 Å². The van der Waals surface area contributed by atoms with E-state index in [2.05, 4.69) is 12.1 Å². The lowest BCUT2D eigenvalue weighted by Gasteiger charge is -2.36. The van der Waals surface area contributed by atoms with Gasteiger partial charge in [0, 0.05) is 6.42 Å². The van der Waals surface area contributed by atoms with Crippen LogP contribution in [-0.4, -0.2) is 31.3 Å². The van der Waals surface area contributed by atoms with Crippen LogP contribution in [0.2, 0.25) is 0 Å². The number of rotatable bonds is 6. The quantitative estimate of drug-likeness (QED) is 0.153. The van der Waals surface area contributed by atoms with Crippen molar-refractivity contribution in [2.45, 2.75) is 33.6 Å². The Kier molecular flexibility index (Phi) is 6.05. The maximum absolute atomic E-state index is 12.7. The number of Topliss-reactive ketones (excluding diaryl/α,β-unsaturated/α-hetero) is 2. The predicted molar refractivity (Wildman–Crippen MR) is 80.5 cm³/mol. The van der Waals surface area contributed by atoms with E-state index in [1.54, 1.807) is 20.8 Å².